The van der Waals surface area contributed by atoms with Crippen LogP contribution in [0.25, 0.3) is 21.9 Å². The van der Waals surface area contributed by atoms with E-state index in [0.717, 1.165) is 55.8 Å². The van der Waals surface area contributed by atoms with Crippen molar-refractivity contribution in [3.8, 4) is 0 Å². The maximum atomic E-state index is 13.0. The zero-order valence-electron chi connectivity index (χ0n) is 19.9. The second kappa shape index (κ2) is 9.47. The van der Waals surface area contributed by atoms with Crippen molar-refractivity contribution in [2.24, 2.45) is 5.14 Å². The van der Waals surface area contributed by atoms with Crippen molar-refractivity contribution in [1.82, 2.24) is 19.4 Å². The lowest BCUT2D eigenvalue weighted by Crippen LogP contribution is -2.38. The smallest absolute Gasteiger partial charge is 0.238 e. The molecule has 1 fully saturated rings. The summed E-state index contributed by atoms with van der Waals surface area (Å²) < 4.78 is 25.6. The third-order valence-electron chi connectivity index (χ3n) is 7.05. The van der Waals surface area contributed by atoms with Crippen molar-refractivity contribution >= 4 is 37.9 Å². The SMILES string of the molecule is CCCn1c(CCC(=O)N2CCC(c3c[nH]c4ccccc34)CC2)nc2cc(S(N)(=O)=O)ccc21. The van der Waals surface area contributed by atoms with E-state index in [9.17, 15) is 13.2 Å². The summed E-state index contributed by atoms with van der Waals surface area (Å²) in [6.45, 7) is 4.35. The van der Waals surface area contributed by atoms with Crippen LogP contribution in [0.5, 0.6) is 0 Å². The summed E-state index contributed by atoms with van der Waals surface area (Å²) in [6.07, 6.45) is 5.83. The van der Waals surface area contributed by atoms with Gasteiger partial charge in [-0.3, -0.25) is 4.79 Å². The molecule has 184 valence electrons. The fourth-order valence-electron chi connectivity index (χ4n) is 5.25. The van der Waals surface area contributed by atoms with E-state index in [1.54, 1.807) is 6.07 Å². The standard InChI is InChI=1S/C26H31N5O3S/c1-2-13-31-24-8-7-19(35(27,33)34)16-23(24)29-25(31)9-10-26(32)30-14-11-18(12-15-30)21-17-28-22-6-4-3-5-20(21)22/h3-8,16-18,28H,2,9-15H2,1H3,(H2,27,33,34). The number of hydrogen-bond acceptors (Lipinski definition) is 4. The molecule has 2 aromatic carbocycles. The number of nitrogens with zero attached hydrogens (tertiary/aromatic N) is 3. The minimum atomic E-state index is -3.80. The molecular weight excluding hydrogens is 462 g/mol. The van der Waals surface area contributed by atoms with Crippen LogP contribution in [0.4, 0.5) is 0 Å². The molecule has 35 heavy (non-hydrogen) atoms. The molecule has 0 atom stereocenters. The van der Waals surface area contributed by atoms with Crippen molar-refractivity contribution in [3.05, 3.63) is 60.0 Å². The number of nitrogens with two attached hydrogens (primary N) is 1. The highest BCUT2D eigenvalue weighted by atomic mass is 32.2. The third-order valence-corrected chi connectivity index (χ3v) is 7.96. The van der Waals surface area contributed by atoms with Gasteiger partial charge < -0.3 is 14.5 Å². The van der Waals surface area contributed by atoms with Gasteiger partial charge in [0, 0.05) is 49.6 Å². The fraction of sp³-hybridized carbons (Fsp3) is 0.385. The van der Waals surface area contributed by atoms with Crippen molar-refractivity contribution in [2.75, 3.05) is 13.1 Å². The number of imidazole rings is 1. The summed E-state index contributed by atoms with van der Waals surface area (Å²) in [5, 5.41) is 6.56. The summed E-state index contributed by atoms with van der Waals surface area (Å²) in [7, 11) is -3.80. The second-order valence-corrected chi connectivity index (χ2v) is 10.9. The highest BCUT2D eigenvalue weighted by Gasteiger charge is 2.25. The molecule has 8 nitrogen and oxygen atoms in total. The van der Waals surface area contributed by atoms with E-state index in [0.29, 0.717) is 24.3 Å². The van der Waals surface area contributed by atoms with Crippen LogP contribution in [-0.2, 0) is 27.8 Å². The van der Waals surface area contributed by atoms with E-state index in [-0.39, 0.29) is 10.8 Å². The normalized spacial score (nSPS) is 15.3. The van der Waals surface area contributed by atoms with Gasteiger partial charge in [-0.2, -0.15) is 0 Å². The molecule has 1 aliphatic rings. The molecule has 0 unspecified atom stereocenters. The van der Waals surface area contributed by atoms with Gasteiger partial charge in [0.1, 0.15) is 5.82 Å². The maximum absolute atomic E-state index is 13.0. The second-order valence-electron chi connectivity index (χ2n) is 9.32. The summed E-state index contributed by atoms with van der Waals surface area (Å²) in [4.78, 5) is 23.1. The van der Waals surface area contributed by atoms with Gasteiger partial charge in [0.2, 0.25) is 15.9 Å². The molecule has 1 saturated heterocycles. The number of sulfonamides is 1. The first kappa shape index (κ1) is 23.6. The lowest BCUT2D eigenvalue weighted by Gasteiger charge is -2.32. The number of likely N-dealkylation sites (tertiary alicyclic amines) is 1. The van der Waals surface area contributed by atoms with E-state index >= 15 is 0 Å². The topological polar surface area (TPSA) is 114 Å². The maximum Gasteiger partial charge on any atom is 0.238 e. The van der Waals surface area contributed by atoms with Crippen LogP contribution in [0.15, 0.2) is 53.6 Å². The molecule has 2 aromatic heterocycles. The number of hydrogen-bond donors (Lipinski definition) is 2. The number of carbonyl (C=O) groups is 1. The number of H-pyrrole nitrogens is 1. The number of primary sulfonamides is 1. The van der Waals surface area contributed by atoms with Crippen molar-refractivity contribution in [3.63, 3.8) is 0 Å². The Morgan fingerprint density at radius 2 is 1.94 bits per heavy atom. The van der Waals surface area contributed by atoms with Crippen LogP contribution in [0.3, 0.4) is 0 Å². The van der Waals surface area contributed by atoms with Gasteiger partial charge in [0.15, 0.2) is 0 Å². The largest absolute Gasteiger partial charge is 0.361 e. The van der Waals surface area contributed by atoms with E-state index in [1.165, 1.54) is 23.1 Å². The lowest BCUT2D eigenvalue weighted by atomic mass is 9.89. The minimum absolute atomic E-state index is 0.0480. The van der Waals surface area contributed by atoms with Gasteiger partial charge in [-0.15, -0.1) is 0 Å². The number of benzene rings is 2. The van der Waals surface area contributed by atoms with E-state index < -0.39 is 10.0 Å². The molecule has 4 aromatic rings. The average molecular weight is 494 g/mol. The summed E-state index contributed by atoms with van der Waals surface area (Å²) in [6, 6.07) is 13.1. The van der Waals surface area contributed by atoms with Crippen molar-refractivity contribution in [2.45, 2.75) is 56.4 Å². The lowest BCUT2D eigenvalue weighted by molar-refractivity contribution is -0.132. The molecule has 0 spiro atoms. The Hall–Kier alpha value is -3.17. The predicted molar refractivity (Wildman–Crippen MR) is 137 cm³/mol. The molecule has 9 heteroatoms. The monoisotopic (exact) mass is 493 g/mol. The summed E-state index contributed by atoms with van der Waals surface area (Å²) in [5.41, 5.74) is 3.96. The Bertz CT molecular complexity index is 1480. The Labute approximate surface area is 205 Å². The Balaban J connectivity index is 1.25. The van der Waals surface area contributed by atoms with Gasteiger partial charge in [-0.1, -0.05) is 25.1 Å². The molecular formula is C26H31N5O3S. The van der Waals surface area contributed by atoms with Gasteiger partial charge in [0.05, 0.1) is 15.9 Å². The van der Waals surface area contributed by atoms with Crippen LogP contribution in [0.2, 0.25) is 0 Å². The molecule has 1 amide bonds. The van der Waals surface area contributed by atoms with E-state index in [2.05, 4.69) is 45.9 Å². The van der Waals surface area contributed by atoms with Crippen LogP contribution in [0.1, 0.15) is 49.9 Å². The van der Waals surface area contributed by atoms with Gasteiger partial charge in [0.25, 0.3) is 0 Å². The Morgan fingerprint density at radius 1 is 1.17 bits per heavy atom. The van der Waals surface area contributed by atoms with Gasteiger partial charge in [-0.25, -0.2) is 18.5 Å². The predicted octanol–water partition coefficient (Wildman–Crippen LogP) is 3.91. The zero-order valence-corrected chi connectivity index (χ0v) is 20.7. The summed E-state index contributed by atoms with van der Waals surface area (Å²) in [5.74, 6) is 1.40. The number of aromatic amines is 1. The number of amides is 1. The number of aromatic nitrogens is 3. The highest BCUT2D eigenvalue weighted by molar-refractivity contribution is 7.89. The van der Waals surface area contributed by atoms with Gasteiger partial charge >= 0.3 is 0 Å². The number of fused-ring (bicyclic) bond motifs is 2. The van der Waals surface area contributed by atoms with Crippen molar-refractivity contribution in [1.29, 1.82) is 0 Å². The van der Waals surface area contributed by atoms with Crippen LogP contribution < -0.4 is 5.14 Å². The quantitative estimate of drug-likeness (QED) is 0.406. The Kier molecular flexibility index (Phi) is 6.37. The molecule has 1 aliphatic heterocycles. The zero-order chi connectivity index (χ0) is 24.6. The molecule has 3 N–H and O–H groups in total. The minimum Gasteiger partial charge on any atom is -0.361 e. The Morgan fingerprint density at radius 3 is 2.69 bits per heavy atom. The molecule has 0 bridgehead atoms. The first-order valence-corrected chi connectivity index (χ1v) is 13.8. The highest BCUT2D eigenvalue weighted by Crippen LogP contribution is 2.33. The number of piperidine rings is 1. The molecule has 0 aliphatic carbocycles. The van der Waals surface area contributed by atoms with E-state index in [4.69, 9.17) is 5.14 Å². The van der Waals surface area contributed by atoms with Crippen molar-refractivity contribution < 1.29 is 13.2 Å². The third kappa shape index (κ3) is 4.70. The molecule has 3 heterocycles. The van der Waals surface area contributed by atoms with Crippen LogP contribution >= 0.6 is 0 Å². The number of aryl methyl sites for hydroxylation is 2. The molecule has 0 saturated carbocycles. The number of rotatable bonds is 7. The number of nitrogens with one attached hydrogen (secondary N) is 1. The van der Waals surface area contributed by atoms with Crippen LogP contribution in [-0.4, -0.2) is 46.8 Å². The summed E-state index contributed by atoms with van der Waals surface area (Å²) >= 11 is 0. The molecule has 5 rings (SSSR count). The molecule has 0 radical (unpaired) electrons. The first-order valence-electron chi connectivity index (χ1n) is 12.2. The fourth-order valence-corrected chi connectivity index (χ4v) is 5.78. The first-order chi connectivity index (χ1) is 16.8. The number of carbonyl (C=O) groups excluding carboxylic acids is 1. The number of para-hydroxylation sites is 1. The average Bonchev–Trinajstić information content (AvgIpc) is 3.43. The van der Waals surface area contributed by atoms with E-state index in [1.807, 2.05) is 11.0 Å². The van der Waals surface area contributed by atoms with Crippen LogP contribution in [0, 0.1) is 0 Å². The van der Waals surface area contributed by atoms with Gasteiger partial charge in [-0.05, 0) is 55.0 Å².